The molecule has 4 rings (SSSR count). The van der Waals surface area contributed by atoms with E-state index in [0.29, 0.717) is 29.5 Å². The summed E-state index contributed by atoms with van der Waals surface area (Å²) in [5, 5.41) is 19.4. The molecule has 0 saturated carbocycles. The van der Waals surface area contributed by atoms with Crippen molar-refractivity contribution in [2.24, 2.45) is 0 Å². The van der Waals surface area contributed by atoms with Crippen LogP contribution in [0, 0.1) is 5.41 Å². The van der Waals surface area contributed by atoms with Crippen LogP contribution in [0.4, 0.5) is 0 Å². The van der Waals surface area contributed by atoms with Gasteiger partial charge in [-0.1, -0.05) is 35.9 Å². The highest BCUT2D eigenvalue weighted by Crippen LogP contribution is 2.28. The van der Waals surface area contributed by atoms with Crippen molar-refractivity contribution in [3.8, 4) is 0 Å². The zero-order valence-corrected chi connectivity index (χ0v) is 13.5. The maximum atomic E-state index is 10.3. The number of nitrogens with zero attached hydrogens (tertiary/aromatic N) is 2. The average molecular weight is 339 g/mol. The molecule has 0 saturated heterocycles. The van der Waals surface area contributed by atoms with E-state index < -0.39 is 0 Å². The number of rotatable bonds is 3. The van der Waals surface area contributed by atoms with Crippen LogP contribution in [-0.4, -0.2) is 32.4 Å². The van der Waals surface area contributed by atoms with E-state index in [1.807, 2.05) is 48.5 Å². The molecule has 0 spiro atoms. The number of aromatic nitrogens is 2. The Morgan fingerprint density at radius 3 is 2.67 bits per heavy atom. The number of nitrogens with one attached hydrogen (secondary N) is 2. The summed E-state index contributed by atoms with van der Waals surface area (Å²) in [6, 6.07) is 15.1. The zero-order valence-electron chi connectivity index (χ0n) is 12.8. The van der Waals surface area contributed by atoms with Crippen LogP contribution in [0.25, 0.3) is 16.6 Å². The van der Waals surface area contributed by atoms with Crippen LogP contribution >= 0.6 is 11.6 Å². The van der Waals surface area contributed by atoms with E-state index in [9.17, 15) is 5.11 Å². The molecule has 0 amide bonds. The number of imidazole rings is 1. The summed E-state index contributed by atoms with van der Waals surface area (Å²) in [6.45, 7) is 0.831. The Bertz CT molecular complexity index is 926. The van der Waals surface area contributed by atoms with Crippen LogP contribution in [0.2, 0.25) is 5.02 Å². The lowest BCUT2D eigenvalue weighted by molar-refractivity contribution is 0.347. The van der Waals surface area contributed by atoms with Crippen molar-refractivity contribution in [3.05, 3.63) is 70.7 Å². The van der Waals surface area contributed by atoms with Crippen LogP contribution < -0.4 is 0 Å². The zero-order chi connectivity index (χ0) is 16.7. The number of aromatic amines is 1. The number of hydrogen-bond acceptors (Lipinski definition) is 3. The number of aliphatic hydroxyl groups is 1. The second-order valence-corrected chi connectivity index (χ2v) is 6.19. The fourth-order valence-corrected chi connectivity index (χ4v) is 3.02. The lowest BCUT2D eigenvalue weighted by atomic mass is 10.2. The standard InChI is InChI=1S/C18H15ClN4O/c19-12-7-5-11(6-8-12)9-23-10-15(24)16(17(23)20)18-21-13-3-1-2-4-14(13)22-18/h1-8,20,24H,9-10H2,(H,21,22). The van der Waals surface area contributed by atoms with Gasteiger partial charge in [0.2, 0.25) is 0 Å². The minimum atomic E-state index is 0.160. The van der Waals surface area contributed by atoms with Crippen molar-refractivity contribution in [3.63, 3.8) is 0 Å². The molecular formula is C18H15ClN4O. The average Bonchev–Trinajstić information content (AvgIpc) is 3.10. The summed E-state index contributed by atoms with van der Waals surface area (Å²) in [5.41, 5.74) is 3.19. The van der Waals surface area contributed by atoms with Gasteiger partial charge in [0.1, 0.15) is 17.4 Å². The minimum Gasteiger partial charge on any atom is -0.510 e. The van der Waals surface area contributed by atoms with Crippen molar-refractivity contribution in [2.75, 3.05) is 6.54 Å². The SMILES string of the molecule is N=C1C(c2nc3ccccc3[nH]2)=C(O)CN1Cc1ccc(Cl)cc1. The lowest BCUT2D eigenvalue weighted by Gasteiger charge is -2.18. The number of halogens is 1. The van der Waals surface area contributed by atoms with Crippen LogP contribution in [0.5, 0.6) is 0 Å². The highest BCUT2D eigenvalue weighted by Gasteiger charge is 2.30. The van der Waals surface area contributed by atoms with Gasteiger partial charge in [0.05, 0.1) is 23.2 Å². The first kappa shape index (κ1) is 14.8. The van der Waals surface area contributed by atoms with Gasteiger partial charge in [-0.05, 0) is 29.8 Å². The van der Waals surface area contributed by atoms with E-state index >= 15 is 0 Å². The van der Waals surface area contributed by atoms with Crippen molar-refractivity contribution < 1.29 is 5.11 Å². The largest absolute Gasteiger partial charge is 0.510 e. The molecule has 0 atom stereocenters. The topological polar surface area (TPSA) is 76.0 Å². The second kappa shape index (κ2) is 5.69. The Balaban J connectivity index is 1.61. The molecule has 1 aliphatic rings. The molecule has 24 heavy (non-hydrogen) atoms. The Kier molecular flexibility index (Phi) is 3.50. The third kappa shape index (κ3) is 2.53. The summed E-state index contributed by atoms with van der Waals surface area (Å²) in [7, 11) is 0. The van der Waals surface area contributed by atoms with Crippen LogP contribution in [0.15, 0.2) is 54.3 Å². The number of hydrogen-bond donors (Lipinski definition) is 3. The van der Waals surface area contributed by atoms with E-state index in [0.717, 1.165) is 16.6 Å². The van der Waals surface area contributed by atoms with E-state index in [4.69, 9.17) is 17.0 Å². The molecule has 0 aliphatic carbocycles. The van der Waals surface area contributed by atoms with E-state index in [-0.39, 0.29) is 11.6 Å². The number of fused-ring (bicyclic) bond motifs is 1. The number of H-pyrrole nitrogens is 1. The molecule has 2 heterocycles. The normalized spacial score (nSPS) is 14.9. The molecule has 2 aromatic carbocycles. The predicted octanol–water partition coefficient (Wildman–Crippen LogP) is 3.98. The molecule has 6 heteroatoms. The fourth-order valence-electron chi connectivity index (χ4n) is 2.90. The molecule has 3 aromatic rings. The molecule has 120 valence electrons. The van der Waals surface area contributed by atoms with E-state index in [1.54, 1.807) is 4.90 Å². The van der Waals surface area contributed by atoms with Gasteiger partial charge >= 0.3 is 0 Å². The Morgan fingerprint density at radius 1 is 1.17 bits per heavy atom. The summed E-state index contributed by atoms with van der Waals surface area (Å²) in [5.74, 6) is 0.951. The molecule has 3 N–H and O–H groups in total. The van der Waals surface area contributed by atoms with Gasteiger partial charge in [-0.2, -0.15) is 0 Å². The van der Waals surface area contributed by atoms with Gasteiger partial charge in [-0.3, -0.25) is 5.41 Å². The van der Waals surface area contributed by atoms with Crippen molar-refractivity contribution in [1.29, 1.82) is 5.41 Å². The van der Waals surface area contributed by atoms with Crippen molar-refractivity contribution >= 4 is 34.0 Å². The first-order valence-electron chi connectivity index (χ1n) is 7.57. The predicted molar refractivity (Wildman–Crippen MR) is 95.2 cm³/mol. The number of amidine groups is 1. The van der Waals surface area contributed by atoms with Crippen molar-refractivity contribution in [2.45, 2.75) is 6.54 Å². The lowest BCUT2D eigenvalue weighted by Crippen LogP contribution is -2.26. The van der Waals surface area contributed by atoms with Gasteiger partial charge in [-0.25, -0.2) is 4.98 Å². The Morgan fingerprint density at radius 2 is 1.92 bits per heavy atom. The van der Waals surface area contributed by atoms with Gasteiger partial charge in [0.15, 0.2) is 0 Å². The highest BCUT2D eigenvalue weighted by atomic mass is 35.5. The quantitative estimate of drug-likeness (QED) is 0.676. The Hall–Kier alpha value is -2.79. The third-order valence-electron chi connectivity index (χ3n) is 4.10. The molecule has 0 radical (unpaired) electrons. The monoisotopic (exact) mass is 338 g/mol. The molecule has 0 unspecified atom stereocenters. The van der Waals surface area contributed by atoms with Crippen LogP contribution in [0.3, 0.4) is 0 Å². The summed E-state index contributed by atoms with van der Waals surface area (Å²) < 4.78 is 0. The summed E-state index contributed by atoms with van der Waals surface area (Å²) >= 11 is 5.91. The second-order valence-electron chi connectivity index (χ2n) is 5.76. The molecule has 0 bridgehead atoms. The van der Waals surface area contributed by atoms with Crippen LogP contribution in [-0.2, 0) is 6.54 Å². The van der Waals surface area contributed by atoms with Gasteiger partial charge in [0.25, 0.3) is 0 Å². The van der Waals surface area contributed by atoms with E-state index in [2.05, 4.69) is 9.97 Å². The fraction of sp³-hybridized carbons (Fsp3) is 0.111. The van der Waals surface area contributed by atoms with Gasteiger partial charge < -0.3 is 15.0 Å². The molecular weight excluding hydrogens is 324 g/mol. The molecule has 1 aliphatic heterocycles. The maximum absolute atomic E-state index is 10.3. The van der Waals surface area contributed by atoms with E-state index in [1.165, 1.54) is 0 Å². The highest BCUT2D eigenvalue weighted by molar-refractivity contribution is 6.30. The smallest absolute Gasteiger partial charge is 0.145 e. The van der Waals surface area contributed by atoms with Crippen molar-refractivity contribution in [1.82, 2.24) is 14.9 Å². The molecule has 0 fully saturated rings. The molecule has 1 aromatic heterocycles. The number of benzene rings is 2. The van der Waals surface area contributed by atoms with Crippen LogP contribution in [0.1, 0.15) is 11.4 Å². The third-order valence-corrected chi connectivity index (χ3v) is 4.35. The summed E-state index contributed by atoms with van der Waals surface area (Å²) in [6.07, 6.45) is 0. The number of aliphatic hydroxyl groups excluding tert-OH is 1. The number of para-hydroxylation sites is 2. The first-order chi connectivity index (χ1) is 11.6. The maximum Gasteiger partial charge on any atom is 0.145 e. The Labute approximate surface area is 143 Å². The molecule has 5 nitrogen and oxygen atoms in total. The minimum absolute atomic E-state index is 0.160. The van der Waals surface area contributed by atoms with Gasteiger partial charge in [-0.15, -0.1) is 0 Å². The first-order valence-corrected chi connectivity index (χ1v) is 7.95. The van der Waals surface area contributed by atoms with Gasteiger partial charge in [0, 0.05) is 11.6 Å². The summed E-state index contributed by atoms with van der Waals surface area (Å²) in [4.78, 5) is 9.47.